The summed E-state index contributed by atoms with van der Waals surface area (Å²) in [5, 5.41) is 2.97. The van der Waals surface area contributed by atoms with Crippen LogP contribution in [0.25, 0.3) is 0 Å². The molecule has 1 fully saturated rings. The average Bonchev–Trinajstić information content (AvgIpc) is 2.49. The van der Waals surface area contributed by atoms with Crippen LogP contribution in [0.4, 0.5) is 4.39 Å². The van der Waals surface area contributed by atoms with Gasteiger partial charge in [0.25, 0.3) is 0 Å². The quantitative estimate of drug-likeness (QED) is 0.632. The number of halogens is 1. The third-order valence-corrected chi connectivity index (χ3v) is 9.78. The van der Waals surface area contributed by atoms with E-state index in [4.69, 9.17) is 4.43 Å². The Morgan fingerprint density at radius 2 is 1.88 bits per heavy atom. The Hall–Kier alpha value is -1.53. The van der Waals surface area contributed by atoms with Crippen LogP contribution in [-0.4, -0.2) is 32.2 Å². The molecule has 0 bridgehead atoms. The van der Waals surface area contributed by atoms with Gasteiger partial charge in [-0.15, -0.1) is 0 Å². The lowest BCUT2D eigenvalue weighted by atomic mass is 9.94. The van der Waals surface area contributed by atoms with Gasteiger partial charge in [0.1, 0.15) is 5.82 Å². The summed E-state index contributed by atoms with van der Waals surface area (Å²) >= 11 is 0. The van der Waals surface area contributed by atoms with Crippen LogP contribution in [0.15, 0.2) is 24.3 Å². The number of benzene rings is 1. The average molecular weight is 366 g/mol. The van der Waals surface area contributed by atoms with Gasteiger partial charge >= 0.3 is 0 Å². The van der Waals surface area contributed by atoms with Crippen molar-refractivity contribution in [3.8, 4) is 0 Å². The molecule has 1 amide bonds. The summed E-state index contributed by atoms with van der Waals surface area (Å²) in [6, 6.07) is 5.16. The van der Waals surface area contributed by atoms with Crippen molar-refractivity contribution < 1.29 is 18.4 Å². The van der Waals surface area contributed by atoms with E-state index >= 15 is 0 Å². The van der Waals surface area contributed by atoms with E-state index in [0.29, 0.717) is 18.4 Å². The highest BCUT2D eigenvalue weighted by Crippen LogP contribution is 2.38. The van der Waals surface area contributed by atoms with Crippen molar-refractivity contribution >= 4 is 20.0 Å². The summed E-state index contributed by atoms with van der Waals surface area (Å²) < 4.78 is 19.5. The van der Waals surface area contributed by atoms with Crippen LogP contribution in [0.3, 0.4) is 0 Å². The second-order valence-corrected chi connectivity index (χ2v) is 13.0. The molecular formula is C19H28FNO3Si. The monoisotopic (exact) mass is 365 g/mol. The van der Waals surface area contributed by atoms with Crippen LogP contribution < -0.4 is 5.32 Å². The highest BCUT2D eigenvalue weighted by molar-refractivity contribution is 6.74. The predicted molar refractivity (Wildman–Crippen MR) is 98.6 cm³/mol. The van der Waals surface area contributed by atoms with Gasteiger partial charge in [-0.1, -0.05) is 20.8 Å². The lowest BCUT2D eigenvalue weighted by molar-refractivity contribution is -0.125. The number of nitrogens with one attached hydrogen (secondary N) is 1. The highest BCUT2D eigenvalue weighted by Gasteiger charge is 2.42. The SMILES string of the molecule is CC(C)(C)[Si](C)(C)O[C@@H]1CCC(=O)N[C@H]1CC(=O)c1ccc(F)cc1. The number of ketones is 1. The highest BCUT2D eigenvalue weighted by atomic mass is 28.4. The number of carbonyl (C=O) groups is 2. The zero-order valence-electron chi connectivity index (χ0n) is 15.7. The first-order valence-corrected chi connectivity index (χ1v) is 11.7. The fraction of sp³-hybridized carbons (Fsp3) is 0.579. The maximum absolute atomic E-state index is 13.0. The number of piperidine rings is 1. The first kappa shape index (κ1) is 19.8. The molecule has 0 saturated carbocycles. The number of hydrogen-bond donors (Lipinski definition) is 1. The fourth-order valence-electron chi connectivity index (χ4n) is 2.68. The Bertz CT molecular complexity index is 637. The number of Topliss-reactive ketones (excluding diaryl/α,β-unsaturated/α-hetero) is 1. The Morgan fingerprint density at radius 3 is 2.44 bits per heavy atom. The van der Waals surface area contributed by atoms with Gasteiger partial charge in [-0.25, -0.2) is 4.39 Å². The molecule has 4 nitrogen and oxygen atoms in total. The third kappa shape index (κ3) is 4.98. The maximum atomic E-state index is 13.0. The molecule has 0 unspecified atom stereocenters. The number of hydrogen-bond acceptors (Lipinski definition) is 3. The van der Waals surface area contributed by atoms with Crippen LogP contribution in [-0.2, 0) is 9.22 Å². The van der Waals surface area contributed by atoms with Gasteiger partial charge in [0.05, 0.1) is 12.1 Å². The largest absolute Gasteiger partial charge is 0.412 e. The minimum absolute atomic E-state index is 0.0491. The molecule has 1 aliphatic rings. The van der Waals surface area contributed by atoms with Crippen molar-refractivity contribution in [3.05, 3.63) is 35.6 Å². The molecule has 6 heteroatoms. The van der Waals surface area contributed by atoms with Crippen LogP contribution in [0.1, 0.15) is 50.4 Å². The van der Waals surface area contributed by atoms with Crippen molar-refractivity contribution in [2.24, 2.45) is 0 Å². The van der Waals surface area contributed by atoms with Gasteiger partial charge in [0, 0.05) is 18.4 Å². The standard InChI is InChI=1S/C19H28FNO3Si/c1-19(2,3)25(4,5)24-17-10-11-18(23)21-15(17)12-16(22)13-6-8-14(20)9-7-13/h6-9,15,17H,10-12H2,1-5H3,(H,21,23)/t15-,17+/m0/s1. The van der Waals surface area contributed by atoms with E-state index in [-0.39, 0.29) is 41.1 Å². The van der Waals surface area contributed by atoms with Gasteiger partial charge in [-0.05, 0) is 48.8 Å². The lowest BCUT2D eigenvalue weighted by Gasteiger charge is -2.43. The van der Waals surface area contributed by atoms with Crippen molar-refractivity contribution in [1.82, 2.24) is 5.32 Å². The summed E-state index contributed by atoms with van der Waals surface area (Å²) in [5.74, 6) is -0.537. The molecule has 1 aromatic rings. The Kier molecular flexibility index (Phi) is 5.84. The number of rotatable bonds is 5. The Labute approximate surface area is 150 Å². The molecule has 0 spiro atoms. The van der Waals surface area contributed by atoms with E-state index in [2.05, 4.69) is 39.2 Å². The summed E-state index contributed by atoms with van der Waals surface area (Å²) in [6.07, 6.45) is 1.04. The first-order valence-electron chi connectivity index (χ1n) is 8.75. The Morgan fingerprint density at radius 1 is 1.28 bits per heavy atom. The van der Waals surface area contributed by atoms with E-state index < -0.39 is 8.32 Å². The molecular weight excluding hydrogens is 337 g/mol. The predicted octanol–water partition coefficient (Wildman–Crippen LogP) is 4.07. The van der Waals surface area contributed by atoms with Crippen molar-refractivity contribution in [2.75, 3.05) is 0 Å². The fourth-order valence-corrected chi connectivity index (χ4v) is 4.07. The number of carbonyl (C=O) groups excluding carboxylic acids is 2. The minimum Gasteiger partial charge on any atom is -0.412 e. The molecule has 0 aliphatic carbocycles. The van der Waals surface area contributed by atoms with Crippen LogP contribution in [0.2, 0.25) is 18.1 Å². The molecule has 1 saturated heterocycles. The zero-order valence-corrected chi connectivity index (χ0v) is 16.7. The smallest absolute Gasteiger partial charge is 0.220 e. The topological polar surface area (TPSA) is 55.4 Å². The number of amides is 1. The van der Waals surface area contributed by atoms with E-state index in [1.54, 1.807) is 0 Å². The lowest BCUT2D eigenvalue weighted by Crippen LogP contribution is -2.55. The first-order chi connectivity index (χ1) is 11.5. The normalized spacial score (nSPS) is 21.8. The van der Waals surface area contributed by atoms with Gasteiger partial charge in [-0.2, -0.15) is 0 Å². The van der Waals surface area contributed by atoms with Gasteiger partial charge < -0.3 is 9.74 Å². The van der Waals surface area contributed by atoms with Crippen LogP contribution in [0, 0.1) is 5.82 Å². The molecule has 2 rings (SSSR count). The van der Waals surface area contributed by atoms with E-state index in [0.717, 1.165) is 0 Å². The Balaban J connectivity index is 2.12. The molecule has 0 aromatic heterocycles. The zero-order chi connectivity index (χ0) is 18.8. The summed E-state index contributed by atoms with van der Waals surface area (Å²) in [6.45, 7) is 10.8. The molecule has 1 N–H and O–H groups in total. The molecule has 0 radical (unpaired) electrons. The summed E-state index contributed by atoms with van der Waals surface area (Å²) in [7, 11) is -2.01. The minimum atomic E-state index is -2.01. The van der Waals surface area contributed by atoms with Gasteiger partial charge in [0.2, 0.25) is 5.91 Å². The van der Waals surface area contributed by atoms with E-state index in [1.807, 2.05) is 0 Å². The van der Waals surface area contributed by atoms with Crippen molar-refractivity contribution in [1.29, 1.82) is 0 Å². The maximum Gasteiger partial charge on any atom is 0.220 e. The molecule has 1 heterocycles. The molecule has 1 aromatic carbocycles. The van der Waals surface area contributed by atoms with E-state index in [1.165, 1.54) is 24.3 Å². The van der Waals surface area contributed by atoms with Crippen molar-refractivity contribution in [3.63, 3.8) is 0 Å². The van der Waals surface area contributed by atoms with Gasteiger partial charge in [-0.3, -0.25) is 9.59 Å². The molecule has 25 heavy (non-hydrogen) atoms. The second kappa shape index (κ2) is 7.38. The van der Waals surface area contributed by atoms with E-state index in [9.17, 15) is 14.0 Å². The van der Waals surface area contributed by atoms with Crippen LogP contribution in [0.5, 0.6) is 0 Å². The summed E-state index contributed by atoms with van der Waals surface area (Å²) in [5.41, 5.74) is 0.451. The van der Waals surface area contributed by atoms with Gasteiger partial charge in [0.15, 0.2) is 14.1 Å². The molecule has 1 aliphatic heterocycles. The third-order valence-electron chi connectivity index (χ3n) is 5.27. The summed E-state index contributed by atoms with van der Waals surface area (Å²) in [4.78, 5) is 24.3. The molecule has 138 valence electrons. The molecule has 2 atom stereocenters. The van der Waals surface area contributed by atoms with Crippen molar-refractivity contribution in [2.45, 2.75) is 70.3 Å². The second-order valence-electron chi connectivity index (χ2n) is 8.26. The van der Waals surface area contributed by atoms with Crippen LogP contribution >= 0.6 is 0 Å².